The van der Waals surface area contributed by atoms with Gasteiger partial charge < -0.3 is 11.1 Å². The molecule has 5 rings (SSSR count). The summed E-state index contributed by atoms with van der Waals surface area (Å²) in [7, 11) is 0. The number of carbonyl (C=O) groups excluding carboxylic acids is 2. The van der Waals surface area contributed by atoms with Crippen LogP contribution in [0.4, 0.5) is 4.39 Å². The number of pyridine rings is 1. The molecular formula is C28H29FN6O2. The number of likely N-dealkylation sites (tertiary alicyclic amines) is 1. The van der Waals surface area contributed by atoms with Crippen LogP contribution >= 0.6 is 0 Å². The highest BCUT2D eigenvalue weighted by molar-refractivity contribution is 6.01. The number of nitrogens with one attached hydrogen (secondary N) is 2. The van der Waals surface area contributed by atoms with E-state index in [4.69, 9.17) is 5.73 Å². The van der Waals surface area contributed by atoms with Gasteiger partial charge in [-0.3, -0.25) is 24.6 Å². The Bertz CT molecular complexity index is 1440. The largest absolute Gasteiger partial charge is 0.368 e. The SMILES string of the molecule is CCC(C(N)=O)(c1ccccc1F)N1CCC[C@@H](NC(=O)c2ccc3[nH]nc(-c4ccncc4)c3c2)C1. The number of fused-ring (bicyclic) bond motifs is 1. The van der Waals surface area contributed by atoms with Crippen molar-refractivity contribution in [1.29, 1.82) is 0 Å². The third-order valence-electron chi connectivity index (χ3n) is 7.31. The molecule has 1 fully saturated rings. The van der Waals surface area contributed by atoms with Crippen molar-refractivity contribution in [2.75, 3.05) is 13.1 Å². The topological polar surface area (TPSA) is 117 Å². The first-order valence-corrected chi connectivity index (χ1v) is 12.4. The lowest BCUT2D eigenvalue weighted by Crippen LogP contribution is -2.60. The van der Waals surface area contributed by atoms with Gasteiger partial charge >= 0.3 is 0 Å². The van der Waals surface area contributed by atoms with Crippen LogP contribution in [0.1, 0.15) is 42.1 Å². The Kier molecular flexibility index (Phi) is 6.71. The Morgan fingerprint density at radius 3 is 2.70 bits per heavy atom. The van der Waals surface area contributed by atoms with E-state index in [9.17, 15) is 14.0 Å². The fourth-order valence-electron chi connectivity index (χ4n) is 5.44. The summed E-state index contributed by atoms with van der Waals surface area (Å²) in [5.41, 5.74) is 7.87. The van der Waals surface area contributed by atoms with E-state index in [2.05, 4.69) is 20.5 Å². The van der Waals surface area contributed by atoms with Gasteiger partial charge in [0.15, 0.2) is 0 Å². The van der Waals surface area contributed by atoms with Crippen LogP contribution in [-0.2, 0) is 10.3 Å². The van der Waals surface area contributed by atoms with Gasteiger partial charge in [0.1, 0.15) is 17.1 Å². The Morgan fingerprint density at radius 2 is 1.97 bits per heavy atom. The van der Waals surface area contributed by atoms with Gasteiger partial charge in [0, 0.05) is 47.1 Å². The molecule has 0 radical (unpaired) electrons. The summed E-state index contributed by atoms with van der Waals surface area (Å²) in [5.74, 6) is -1.28. The van der Waals surface area contributed by atoms with Crippen LogP contribution in [0.5, 0.6) is 0 Å². The van der Waals surface area contributed by atoms with E-state index in [1.807, 2.05) is 36.1 Å². The third kappa shape index (κ3) is 4.46. The maximum absolute atomic E-state index is 14.9. The maximum Gasteiger partial charge on any atom is 0.251 e. The lowest BCUT2D eigenvalue weighted by Gasteiger charge is -2.45. The van der Waals surface area contributed by atoms with E-state index in [0.29, 0.717) is 25.1 Å². The number of benzene rings is 2. The normalized spacial score (nSPS) is 17.8. The first-order valence-electron chi connectivity index (χ1n) is 12.4. The predicted octanol–water partition coefficient (Wildman–Crippen LogP) is 3.75. The lowest BCUT2D eigenvalue weighted by molar-refractivity contribution is -0.132. The van der Waals surface area contributed by atoms with Gasteiger partial charge in [-0.15, -0.1) is 0 Å². The van der Waals surface area contributed by atoms with Crippen molar-refractivity contribution in [2.45, 2.75) is 37.8 Å². The standard InChI is InChI=1S/C28H29FN6O2/c1-2-28(27(30)37,22-7-3-4-8-23(22)29)35-15-5-6-20(17-35)32-26(36)19-9-10-24-21(16-19)25(34-33-24)18-11-13-31-14-12-18/h3-4,7-14,16,20H,2,5-6,15,17H2,1H3,(H2,30,37)(H,32,36)(H,33,34)/t20-,28?/m1/s1. The molecule has 3 heterocycles. The molecule has 8 nitrogen and oxygen atoms in total. The number of carbonyl (C=O) groups is 2. The number of aromatic nitrogens is 3. The number of halogens is 1. The highest BCUT2D eigenvalue weighted by Gasteiger charge is 2.46. The molecule has 4 N–H and O–H groups in total. The van der Waals surface area contributed by atoms with Crippen molar-refractivity contribution in [3.8, 4) is 11.3 Å². The molecule has 9 heteroatoms. The second kappa shape index (κ2) is 10.1. The lowest BCUT2D eigenvalue weighted by atomic mass is 9.82. The quantitative estimate of drug-likeness (QED) is 0.357. The zero-order valence-corrected chi connectivity index (χ0v) is 20.6. The minimum Gasteiger partial charge on any atom is -0.368 e. The smallest absolute Gasteiger partial charge is 0.251 e. The first-order chi connectivity index (χ1) is 17.9. The minimum absolute atomic E-state index is 0.220. The van der Waals surface area contributed by atoms with Crippen molar-refractivity contribution in [1.82, 2.24) is 25.4 Å². The van der Waals surface area contributed by atoms with Crippen LogP contribution < -0.4 is 11.1 Å². The molecule has 1 aliphatic rings. The van der Waals surface area contributed by atoms with Crippen molar-refractivity contribution in [3.63, 3.8) is 0 Å². The number of nitrogens with two attached hydrogens (primary N) is 1. The molecule has 0 spiro atoms. The summed E-state index contributed by atoms with van der Waals surface area (Å²) in [6.45, 7) is 2.79. The van der Waals surface area contributed by atoms with Gasteiger partial charge in [0.2, 0.25) is 5.91 Å². The zero-order chi connectivity index (χ0) is 26.0. The summed E-state index contributed by atoms with van der Waals surface area (Å²) < 4.78 is 14.9. The van der Waals surface area contributed by atoms with Gasteiger partial charge in [0.05, 0.1) is 5.52 Å². The summed E-state index contributed by atoms with van der Waals surface area (Å²) in [6.07, 6.45) is 5.20. The molecule has 2 amide bonds. The molecule has 37 heavy (non-hydrogen) atoms. The summed E-state index contributed by atoms with van der Waals surface area (Å²) in [4.78, 5) is 32.1. The number of hydrogen-bond donors (Lipinski definition) is 3. The van der Waals surface area contributed by atoms with Crippen LogP contribution in [0.15, 0.2) is 67.0 Å². The highest BCUT2D eigenvalue weighted by atomic mass is 19.1. The van der Waals surface area contributed by atoms with Gasteiger partial charge in [-0.1, -0.05) is 25.1 Å². The number of primary amides is 1. The van der Waals surface area contributed by atoms with Gasteiger partial charge in [-0.05, 0) is 62.2 Å². The molecule has 1 saturated heterocycles. The van der Waals surface area contributed by atoms with Crippen LogP contribution in [-0.4, -0.2) is 51.0 Å². The average molecular weight is 501 g/mol. The van der Waals surface area contributed by atoms with Crippen LogP contribution in [0.2, 0.25) is 0 Å². The molecule has 4 aromatic rings. The van der Waals surface area contributed by atoms with E-state index >= 15 is 0 Å². The second-order valence-electron chi connectivity index (χ2n) is 9.39. The monoisotopic (exact) mass is 500 g/mol. The molecule has 2 atom stereocenters. The number of hydrogen-bond acceptors (Lipinski definition) is 5. The molecule has 1 aliphatic heterocycles. The highest BCUT2D eigenvalue weighted by Crippen LogP contribution is 2.36. The van der Waals surface area contributed by atoms with Crippen LogP contribution in [0, 0.1) is 5.82 Å². The van der Waals surface area contributed by atoms with E-state index in [-0.39, 0.29) is 17.5 Å². The molecule has 2 aromatic heterocycles. The number of H-pyrrole nitrogens is 1. The first kappa shape index (κ1) is 24.6. The van der Waals surface area contributed by atoms with Gasteiger partial charge in [0.25, 0.3) is 5.91 Å². The fourth-order valence-corrected chi connectivity index (χ4v) is 5.44. The number of aromatic amines is 1. The van der Waals surface area contributed by atoms with Crippen molar-refractivity contribution in [3.05, 3.63) is 83.9 Å². The number of nitrogens with zero attached hydrogens (tertiary/aromatic N) is 3. The van der Waals surface area contributed by atoms with Crippen molar-refractivity contribution < 1.29 is 14.0 Å². The van der Waals surface area contributed by atoms with Gasteiger partial charge in [-0.25, -0.2) is 4.39 Å². The van der Waals surface area contributed by atoms with Gasteiger partial charge in [-0.2, -0.15) is 5.10 Å². The van der Waals surface area contributed by atoms with E-state index in [1.165, 1.54) is 6.07 Å². The van der Waals surface area contributed by atoms with E-state index in [0.717, 1.165) is 35.0 Å². The Morgan fingerprint density at radius 1 is 1.19 bits per heavy atom. The third-order valence-corrected chi connectivity index (χ3v) is 7.31. The predicted molar refractivity (Wildman–Crippen MR) is 139 cm³/mol. The number of rotatable bonds is 7. The molecule has 0 aliphatic carbocycles. The fraction of sp³-hybridized carbons (Fsp3) is 0.286. The summed E-state index contributed by atoms with van der Waals surface area (Å²) >= 11 is 0. The zero-order valence-electron chi connectivity index (χ0n) is 20.6. The van der Waals surface area contributed by atoms with Crippen LogP contribution in [0.25, 0.3) is 22.2 Å². The summed E-state index contributed by atoms with van der Waals surface area (Å²) in [5, 5.41) is 11.4. The van der Waals surface area contributed by atoms with E-state index in [1.54, 1.807) is 36.7 Å². The van der Waals surface area contributed by atoms with E-state index < -0.39 is 17.3 Å². The second-order valence-corrected chi connectivity index (χ2v) is 9.39. The molecule has 2 aromatic carbocycles. The maximum atomic E-state index is 14.9. The Balaban J connectivity index is 1.39. The molecule has 190 valence electrons. The Labute approximate surface area is 214 Å². The molecule has 1 unspecified atom stereocenters. The Hall–Kier alpha value is -4.11. The van der Waals surface area contributed by atoms with Crippen LogP contribution in [0.3, 0.4) is 0 Å². The molecule has 0 bridgehead atoms. The molecular weight excluding hydrogens is 471 g/mol. The van der Waals surface area contributed by atoms with Crippen molar-refractivity contribution in [2.24, 2.45) is 5.73 Å². The van der Waals surface area contributed by atoms with Crippen molar-refractivity contribution >= 4 is 22.7 Å². The number of piperidine rings is 1. The summed E-state index contributed by atoms with van der Waals surface area (Å²) in [6, 6.07) is 15.2. The number of amides is 2. The molecule has 0 saturated carbocycles. The minimum atomic E-state index is -1.29. The average Bonchev–Trinajstić information content (AvgIpc) is 3.34.